The molecule has 0 spiro atoms. The van der Waals surface area contributed by atoms with Crippen LogP contribution in [-0.4, -0.2) is 38.1 Å². The summed E-state index contributed by atoms with van der Waals surface area (Å²) in [6.45, 7) is 2.61. The number of benzene rings is 1. The summed E-state index contributed by atoms with van der Waals surface area (Å²) in [6.07, 6.45) is 1.24. The summed E-state index contributed by atoms with van der Waals surface area (Å²) in [5.74, 6) is -0.220. The molecule has 0 unspecified atom stereocenters. The molecule has 20 heavy (non-hydrogen) atoms. The molecule has 0 amide bonds. The molecule has 2 rings (SSSR count). The highest BCUT2D eigenvalue weighted by molar-refractivity contribution is 7.92. The van der Waals surface area contributed by atoms with E-state index in [0.29, 0.717) is 6.61 Å². The summed E-state index contributed by atoms with van der Waals surface area (Å²) in [5, 5.41) is -0.596. The smallest absolute Gasteiger partial charge is 0.152 e. The molecular weight excluding hydrogens is 294 g/mol. The van der Waals surface area contributed by atoms with Crippen molar-refractivity contribution in [3.63, 3.8) is 0 Å². The van der Waals surface area contributed by atoms with E-state index in [-0.39, 0.29) is 17.5 Å². The minimum absolute atomic E-state index is 0.218. The largest absolute Gasteiger partial charge is 0.393 e. The SMILES string of the molecule is CCOC[C@]1(C(N)=S)[C@H](c2ccccc2)[C@H]1S(C)(=O)=O. The third-order valence-corrected chi connectivity index (χ3v) is 5.88. The molecule has 110 valence electrons. The average molecular weight is 313 g/mol. The number of hydrogen-bond acceptors (Lipinski definition) is 4. The van der Waals surface area contributed by atoms with Crippen LogP contribution in [0, 0.1) is 5.41 Å². The number of ether oxygens (including phenoxy) is 1. The van der Waals surface area contributed by atoms with E-state index in [9.17, 15) is 8.42 Å². The van der Waals surface area contributed by atoms with Crippen LogP contribution in [0.2, 0.25) is 0 Å². The Hall–Kier alpha value is -0.980. The van der Waals surface area contributed by atoms with Gasteiger partial charge in [0.05, 0.1) is 22.3 Å². The third-order valence-electron chi connectivity index (χ3n) is 3.88. The number of sulfone groups is 1. The molecule has 0 aromatic heterocycles. The van der Waals surface area contributed by atoms with Gasteiger partial charge in [-0.15, -0.1) is 0 Å². The van der Waals surface area contributed by atoms with Crippen molar-refractivity contribution in [2.45, 2.75) is 18.1 Å². The third kappa shape index (κ3) is 2.47. The molecule has 1 aliphatic carbocycles. The van der Waals surface area contributed by atoms with Crippen molar-refractivity contribution in [3.05, 3.63) is 35.9 Å². The van der Waals surface area contributed by atoms with Crippen molar-refractivity contribution in [3.8, 4) is 0 Å². The van der Waals surface area contributed by atoms with Gasteiger partial charge in [0.15, 0.2) is 9.84 Å². The second-order valence-corrected chi connectivity index (χ2v) is 7.79. The molecule has 1 saturated carbocycles. The highest BCUT2D eigenvalue weighted by Gasteiger charge is 2.71. The maximum absolute atomic E-state index is 12.1. The minimum Gasteiger partial charge on any atom is -0.393 e. The Bertz CT molecular complexity index is 600. The summed E-state index contributed by atoms with van der Waals surface area (Å²) in [7, 11) is -3.26. The Morgan fingerprint density at radius 2 is 2.00 bits per heavy atom. The first-order valence-corrected chi connectivity index (χ1v) is 8.83. The van der Waals surface area contributed by atoms with Crippen LogP contribution in [0.5, 0.6) is 0 Å². The van der Waals surface area contributed by atoms with Crippen LogP contribution < -0.4 is 5.73 Å². The van der Waals surface area contributed by atoms with Gasteiger partial charge in [-0.1, -0.05) is 42.5 Å². The molecule has 0 bridgehead atoms. The Labute approximate surface area is 125 Å². The molecule has 3 atom stereocenters. The predicted octanol–water partition coefficient (Wildman–Crippen LogP) is 1.51. The lowest BCUT2D eigenvalue weighted by Gasteiger charge is -2.16. The van der Waals surface area contributed by atoms with E-state index >= 15 is 0 Å². The molecule has 1 aromatic carbocycles. The monoisotopic (exact) mass is 313 g/mol. The van der Waals surface area contributed by atoms with Gasteiger partial charge in [-0.2, -0.15) is 0 Å². The first kappa shape index (κ1) is 15.4. The highest BCUT2D eigenvalue weighted by Crippen LogP contribution is 2.63. The van der Waals surface area contributed by atoms with Crippen molar-refractivity contribution in [2.24, 2.45) is 11.1 Å². The minimum atomic E-state index is -3.26. The Kier molecular flexibility index (Phi) is 4.18. The van der Waals surface area contributed by atoms with E-state index in [1.54, 1.807) is 0 Å². The summed E-state index contributed by atoms with van der Waals surface area (Å²) in [5.41, 5.74) is 6.04. The van der Waals surface area contributed by atoms with Gasteiger partial charge >= 0.3 is 0 Å². The average Bonchev–Trinajstić information content (AvgIpc) is 3.08. The molecule has 2 N–H and O–H groups in total. The van der Waals surface area contributed by atoms with Crippen LogP contribution in [0.1, 0.15) is 18.4 Å². The number of thiocarbonyl (C=S) groups is 1. The summed E-state index contributed by atoms with van der Waals surface area (Å²) < 4.78 is 29.6. The maximum Gasteiger partial charge on any atom is 0.152 e. The second kappa shape index (κ2) is 5.42. The fourth-order valence-corrected chi connectivity index (χ4v) is 5.28. The molecule has 1 fully saturated rings. The van der Waals surface area contributed by atoms with Crippen LogP contribution >= 0.6 is 12.2 Å². The number of rotatable bonds is 6. The van der Waals surface area contributed by atoms with Crippen LogP contribution in [0.15, 0.2) is 30.3 Å². The van der Waals surface area contributed by atoms with E-state index < -0.39 is 20.5 Å². The van der Waals surface area contributed by atoms with E-state index in [4.69, 9.17) is 22.7 Å². The summed E-state index contributed by atoms with van der Waals surface area (Å²) in [6, 6.07) is 9.49. The fourth-order valence-electron chi connectivity index (χ4n) is 2.97. The molecule has 0 radical (unpaired) electrons. The van der Waals surface area contributed by atoms with E-state index in [1.807, 2.05) is 37.3 Å². The number of hydrogen-bond donors (Lipinski definition) is 1. The zero-order chi connectivity index (χ0) is 15.0. The Morgan fingerprint density at radius 3 is 2.45 bits per heavy atom. The highest BCUT2D eigenvalue weighted by atomic mass is 32.2. The molecule has 0 saturated heterocycles. The van der Waals surface area contributed by atoms with Crippen LogP contribution in [0.4, 0.5) is 0 Å². The zero-order valence-corrected chi connectivity index (χ0v) is 13.2. The van der Waals surface area contributed by atoms with Crippen molar-refractivity contribution in [2.75, 3.05) is 19.5 Å². The van der Waals surface area contributed by atoms with E-state index in [2.05, 4.69) is 0 Å². The number of nitrogens with two attached hydrogens (primary N) is 1. The van der Waals surface area contributed by atoms with E-state index in [1.165, 1.54) is 6.26 Å². The van der Waals surface area contributed by atoms with Crippen LogP contribution in [0.3, 0.4) is 0 Å². The first-order chi connectivity index (χ1) is 9.35. The van der Waals surface area contributed by atoms with Crippen LogP contribution in [0.25, 0.3) is 0 Å². The van der Waals surface area contributed by atoms with Gasteiger partial charge in [0.2, 0.25) is 0 Å². The second-order valence-electron chi connectivity index (χ2n) is 5.18. The Balaban J connectivity index is 2.45. The van der Waals surface area contributed by atoms with Gasteiger partial charge in [-0.05, 0) is 12.5 Å². The van der Waals surface area contributed by atoms with Crippen LogP contribution in [-0.2, 0) is 14.6 Å². The maximum atomic E-state index is 12.1. The molecular formula is C14H19NO3S2. The normalized spacial score (nSPS) is 29.1. The van der Waals surface area contributed by atoms with Crippen molar-refractivity contribution >= 4 is 27.0 Å². The lowest BCUT2D eigenvalue weighted by atomic mass is 10.00. The van der Waals surface area contributed by atoms with Crippen molar-refractivity contribution < 1.29 is 13.2 Å². The van der Waals surface area contributed by atoms with Gasteiger partial charge in [-0.25, -0.2) is 8.42 Å². The molecule has 1 aromatic rings. The van der Waals surface area contributed by atoms with Gasteiger partial charge in [0.25, 0.3) is 0 Å². The topological polar surface area (TPSA) is 69.4 Å². The summed E-state index contributed by atoms with van der Waals surface area (Å²) in [4.78, 5) is 0.218. The summed E-state index contributed by atoms with van der Waals surface area (Å²) >= 11 is 5.16. The molecule has 1 aliphatic rings. The van der Waals surface area contributed by atoms with Gasteiger partial charge in [0, 0.05) is 18.8 Å². The predicted molar refractivity (Wildman–Crippen MR) is 83.5 cm³/mol. The van der Waals surface area contributed by atoms with Gasteiger partial charge in [0.1, 0.15) is 0 Å². The van der Waals surface area contributed by atoms with Gasteiger partial charge < -0.3 is 10.5 Å². The molecule has 0 aliphatic heterocycles. The molecule has 0 heterocycles. The Morgan fingerprint density at radius 1 is 1.40 bits per heavy atom. The van der Waals surface area contributed by atoms with E-state index in [0.717, 1.165) is 5.56 Å². The van der Waals surface area contributed by atoms with Crippen molar-refractivity contribution in [1.29, 1.82) is 0 Å². The van der Waals surface area contributed by atoms with Crippen molar-refractivity contribution in [1.82, 2.24) is 0 Å². The first-order valence-electron chi connectivity index (χ1n) is 6.47. The molecule has 6 heteroatoms. The lowest BCUT2D eigenvalue weighted by Crippen LogP contribution is -2.33. The molecule has 4 nitrogen and oxygen atoms in total. The quantitative estimate of drug-likeness (QED) is 0.806. The zero-order valence-electron chi connectivity index (χ0n) is 11.6. The van der Waals surface area contributed by atoms with Gasteiger partial charge in [-0.3, -0.25) is 0 Å². The fraction of sp³-hybridized carbons (Fsp3) is 0.500. The standard InChI is InChI=1S/C14H19NO3S2/c1-3-18-9-14(13(15)19)11(12(14)20(2,16)17)10-7-5-4-6-8-10/h4-8,11-12H,3,9H2,1-2H3,(H2,15,19)/t11-,12-,14+/m1/s1. The lowest BCUT2D eigenvalue weighted by molar-refractivity contribution is 0.121.